The number of rotatable bonds is 5. The minimum atomic E-state index is 0.184. The Bertz CT molecular complexity index is 439. The molecule has 20 heavy (non-hydrogen) atoms. The van der Waals surface area contributed by atoms with Gasteiger partial charge in [-0.1, -0.05) is 20.8 Å². The molecule has 0 spiro atoms. The second-order valence-electron chi connectivity index (χ2n) is 5.96. The van der Waals surface area contributed by atoms with E-state index in [1.54, 1.807) is 0 Å². The van der Waals surface area contributed by atoms with Crippen LogP contribution in [0.2, 0.25) is 0 Å². The van der Waals surface area contributed by atoms with Crippen molar-refractivity contribution in [1.29, 1.82) is 0 Å². The first-order chi connectivity index (χ1) is 9.63. The van der Waals surface area contributed by atoms with Gasteiger partial charge in [0.1, 0.15) is 0 Å². The van der Waals surface area contributed by atoms with Gasteiger partial charge < -0.3 is 10.2 Å². The molecule has 1 aliphatic rings. The van der Waals surface area contributed by atoms with Gasteiger partial charge in [-0.25, -0.2) is 0 Å². The van der Waals surface area contributed by atoms with E-state index in [4.69, 9.17) is 0 Å². The Morgan fingerprint density at radius 3 is 2.65 bits per heavy atom. The summed E-state index contributed by atoms with van der Waals surface area (Å²) in [4.78, 5) is 14.6. The standard InChI is InChI=1S/C17H26N2O/c1-4-11-18-15-9-7-14(8-10-15)17(20)19-12-5-6-16(19)13(2)3/h7-10,13,16,18H,4-6,11-12H2,1-3H3. The first kappa shape index (κ1) is 14.9. The molecule has 1 aliphatic heterocycles. The minimum Gasteiger partial charge on any atom is -0.385 e. The fraction of sp³-hybridized carbons (Fsp3) is 0.588. The Morgan fingerprint density at radius 1 is 1.35 bits per heavy atom. The van der Waals surface area contributed by atoms with Crippen molar-refractivity contribution in [3.63, 3.8) is 0 Å². The third-order valence-electron chi connectivity index (χ3n) is 4.04. The molecule has 0 saturated carbocycles. The lowest BCUT2D eigenvalue weighted by molar-refractivity contribution is 0.0701. The van der Waals surface area contributed by atoms with Crippen molar-refractivity contribution in [3.8, 4) is 0 Å². The number of nitrogens with one attached hydrogen (secondary N) is 1. The normalized spacial score (nSPS) is 18.6. The van der Waals surface area contributed by atoms with Crippen LogP contribution >= 0.6 is 0 Å². The topological polar surface area (TPSA) is 32.3 Å². The van der Waals surface area contributed by atoms with Gasteiger partial charge in [-0.05, 0) is 49.4 Å². The lowest BCUT2D eigenvalue weighted by atomic mass is 10.0. The Labute approximate surface area is 122 Å². The Hall–Kier alpha value is -1.51. The van der Waals surface area contributed by atoms with Crippen molar-refractivity contribution in [3.05, 3.63) is 29.8 Å². The average molecular weight is 274 g/mol. The minimum absolute atomic E-state index is 0.184. The lowest BCUT2D eigenvalue weighted by Crippen LogP contribution is -2.38. The zero-order valence-corrected chi connectivity index (χ0v) is 12.9. The van der Waals surface area contributed by atoms with Crippen molar-refractivity contribution in [2.24, 2.45) is 5.92 Å². The van der Waals surface area contributed by atoms with E-state index in [9.17, 15) is 4.79 Å². The van der Waals surface area contributed by atoms with Crippen LogP contribution in [0, 0.1) is 5.92 Å². The van der Waals surface area contributed by atoms with E-state index in [0.717, 1.165) is 43.6 Å². The van der Waals surface area contributed by atoms with E-state index < -0.39 is 0 Å². The van der Waals surface area contributed by atoms with Crippen LogP contribution in [0.5, 0.6) is 0 Å². The predicted molar refractivity (Wildman–Crippen MR) is 84.1 cm³/mol. The highest BCUT2D eigenvalue weighted by Crippen LogP contribution is 2.25. The fourth-order valence-corrected chi connectivity index (χ4v) is 2.90. The molecule has 110 valence electrons. The van der Waals surface area contributed by atoms with Crippen molar-refractivity contribution in [1.82, 2.24) is 4.90 Å². The van der Waals surface area contributed by atoms with E-state index in [0.29, 0.717) is 12.0 Å². The van der Waals surface area contributed by atoms with Gasteiger partial charge in [0.05, 0.1) is 0 Å². The fourth-order valence-electron chi connectivity index (χ4n) is 2.90. The van der Waals surface area contributed by atoms with Gasteiger partial charge in [-0.15, -0.1) is 0 Å². The summed E-state index contributed by atoms with van der Waals surface area (Å²) in [7, 11) is 0. The van der Waals surface area contributed by atoms with E-state index in [1.807, 2.05) is 24.3 Å². The molecule has 1 saturated heterocycles. The van der Waals surface area contributed by atoms with Crippen molar-refractivity contribution < 1.29 is 4.79 Å². The predicted octanol–water partition coefficient (Wildman–Crippen LogP) is 3.77. The first-order valence-electron chi connectivity index (χ1n) is 7.78. The second-order valence-corrected chi connectivity index (χ2v) is 5.96. The molecule has 1 aromatic rings. The molecule has 0 aromatic heterocycles. The number of anilines is 1. The van der Waals surface area contributed by atoms with Crippen LogP contribution in [0.1, 0.15) is 50.4 Å². The first-order valence-corrected chi connectivity index (χ1v) is 7.78. The molecule has 0 bridgehead atoms. The van der Waals surface area contributed by atoms with Gasteiger partial charge in [-0.2, -0.15) is 0 Å². The Kier molecular flexibility index (Phi) is 5.05. The number of hydrogen-bond acceptors (Lipinski definition) is 2. The molecule has 1 N–H and O–H groups in total. The smallest absolute Gasteiger partial charge is 0.254 e. The molecule has 0 radical (unpaired) electrons. The van der Waals surface area contributed by atoms with E-state index in [2.05, 4.69) is 31.0 Å². The van der Waals surface area contributed by atoms with E-state index >= 15 is 0 Å². The third kappa shape index (κ3) is 3.33. The number of benzene rings is 1. The number of nitrogens with zero attached hydrogens (tertiary/aromatic N) is 1. The molecule has 1 amide bonds. The molecule has 1 fully saturated rings. The number of likely N-dealkylation sites (tertiary alicyclic amines) is 1. The van der Waals surface area contributed by atoms with Gasteiger partial charge >= 0.3 is 0 Å². The molecule has 1 aromatic carbocycles. The van der Waals surface area contributed by atoms with Crippen LogP contribution in [0.25, 0.3) is 0 Å². The van der Waals surface area contributed by atoms with E-state index in [-0.39, 0.29) is 5.91 Å². The highest BCUT2D eigenvalue weighted by molar-refractivity contribution is 5.95. The number of amides is 1. The quantitative estimate of drug-likeness (QED) is 0.886. The van der Waals surface area contributed by atoms with Crippen LogP contribution in [0.4, 0.5) is 5.69 Å². The van der Waals surface area contributed by atoms with Crippen molar-refractivity contribution in [2.75, 3.05) is 18.4 Å². The van der Waals surface area contributed by atoms with Crippen LogP contribution in [0.15, 0.2) is 24.3 Å². The second kappa shape index (κ2) is 6.78. The molecule has 3 nitrogen and oxygen atoms in total. The largest absolute Gasteiger partial charge is 0.385 e. The van der Waals surface area contributed by atoms with Crippen molar-refractivity contribution >= 4 is 11.6 Å². The average Bonchev–Trinajstić information content (AvgIpc) is 2.94. The van der Waals surface area contributed by atoms with Crippen LogP contribution in [0.3, 0.4) is 0 Å². The van der Waals surface area contributed by atoms with Gasteiger partial charge in [0, 0.05) is 30.4 Å². The maximum atomic E-state index is 12.6. The molecule has 1 unspecified atom stereocenters. The highest BCUT2D eigenvalue weighted by Gasteiger charge is 2.31. The summed E-state index contributed by atoms with van der Waals surface area (Å²) in [6.07, 6.45) is 3.37. The van der Waals surface area contributed by atoms with E-state index in [1.165, 1.54) is 0 Å². The number of carbonyl (C=O) groups excluding carboxylic acids is 1. The molecule has 2 rings (SSSR count). The highest BCUT2D eigenvalue weighted by atomic mass is 16.2. The molecule has 0 aliphatic carbocycles. The summed E-state index contributed by atoms with van der Waals surface area (Å²) in [5.41, 5.74) is 1.89. The summed E-state index contributed by atoms with van der Waals surface area (Å²) in [5, 5.41) is 3.33. The Balaban J connectivity index is 2.05. The summed E-state index contributed by atoms with van der Waals surface area (Å²) < 4.78 is 0. The maximum Gasteiger partial charge on any atom is 0.254 e. The molecule has 3 heteroatoms. The number of hydrogen-bond donors (Lipinski definition) is 1. The SMILES string of the molecule is CCCNc1ccc(C(=O)N2CCCC2C(C)C)cc1. The number of carbonyl (C=O) groups is 1. The molecule has 1 heterocycles. The van der Waals surface area contributed by atoms with Crippen LogP contribution in [-0.2, 0) is 0 Å². The lowest BCUT2D eigenvalue weighted by Gasteiger charge is -2.27. The van der Waals surface area contributed by atoms with Gasteiger partial charge in [0.2, 0.25) is 0 Å². The summed E-state index contributed by atoms with van der Waals surface area (Å²) in [6.45, 7) is 8.42. The van der Waals surface area contributed by atoms with Gasteiger partial charge in [-0.3, -0.25) is 4.79 Å². The van der Waals surface area contributed by atoms with Gasteiger partial charge in [0.15, 0.2) is 0 Å². The van der Waals surface area contributed by atoms with Crippen molar-refractivity contribution in [2.45, 2.75) is 46.1 Å². The van der Waals surface area contributed by atoms with Crippen LogP contribution < -0.4 is 5.32 Å². The Morgan fingerprint density at radius 2 is 2.05 bits per heavy atom. The zero-order chi connectivity index (χ0) is 14.5. The molecular formula is C17H26N2O. The summed E-state index contributed by atoms with van der Waals surface area (Å²) in [6, 6.07) is 8.29. The monoisotopic (exact) mass is 274 g/mol. The van der Waals surface area contributed by atoms with Gasteiger partial charge in [0.25, 0.3) is 5.91 Å². The zero-order valence-electron chi connectivity index (χ0n) is 12.9. The summed E-state index contributed by atoms with van der Waals surface area (Å²) >= 11 is 0. The summed E-state index contributed by atoms with van der Waals surface area (Å²) in [5.74, 6) is 0.718. The molecule has 1 atom stereocenters. The maximum absolute atomic E-state index is 12.6. The van der Waals surface area contributed by atoms with Crippen LogP contribution in [-0.4, -0.2) is 29.9 Å². The third-order valence-corrected chi connectivity index (χ3v) is 4.04. The molecular weight excluding hydrogens is 248 g/mol.